The lowest BCUT2D eigenvalue weighted by atomic mass is 10.1. The minimum atomic E-state index is -0.565. The van der Waals surface area contributed by atoms with Gasteiger partial charge in [0.1, 0.15) is 5.56 Å². The highest BCUT2D eigenvalue weighted by atomic mass is 16.6. The predicted octanol–water partition coefficient (Wildman–Crippen LogP) is 3.09. The van der Waals surface area contributed by atoms with Gasteiger partial charge in [0.2, 0.25) is 0 Å². The second kappa shape index (κ2) is 6.74. The Labute approximate surface area is 137 Å². The summed E-state index contributed by atoms with van der Waals surface area (Å²) in [6.45, 7) is 0.486. The van der Waals surface area contributed by atoms with Crippen LogP contribution in [0.1, 0.15) is 15.9 Å². The van der Waals surface area contributed by atoms with Gasteiger partial charge in [0.15, 0.2) is 0 Å². The number of amides is 1. The van der Waals surface area contributed by atoms with Crippen molar-refractivity contribution in [2.75, 3.05) is 5.32 Å². The molecule has 1 heterocycles. The van der Waals surface area contributed by atoms with Crippen molar-refractivity contribution in [2.45, 2.75) is 6.54 Å². The van der Waals surface area contributed by atoms with Crippen molar-refractivity contribution in [3.05, 3.63) is 88.2 Å². The van der Waals surface area contributed by atoms with E-state index in [1.807, 2.05) is 24.4 Å². The summed E-state index contributed by atoms with van der Waals surface area (Å²) in [5.41, 5.74) is 1.25. The first kappa shape index (κ1) is 15.4. The maximum atomic E-state index is 12.5. The molecule has 24 heavy (non-hydrogen) atoms. The van der Waals surface area contributed by atoms with Crippen LogP contribution >= 0.6 is 0 Å². The Balaban J connectivity index is 1.87. The molecule has 0 aliphatic rings. The predicted molar refractivity (Wildman–Crippen MR) is 88.8 cm³/mol. The third kappa shape index (κ3) is 3.30. The van der Waals surface area contributed by atoms with E-state index in [0.29, 0.717) is 12.2 Å². The number of benzene rings is 2. The zero-order valence-electron chi connectivity index (χ0n) is 12.6. The van der Waals surface area contributed by atoms with E-state index in [0.717, 1.165) is 5.56 Å². The Morgan fingerprint density at radius 2 is 1.88 bits per heavy atom. The van der Waals surface area contributed by atoms with Crippen LogP contribution in [0.3, 0.4) is 0 Å². The molecule has 7 nitrogen and oxygen atoms in total. The van der Waals surface area contributed by atoms with Gasteiger partial charge in [-0.15, -0.1) is 0 Å². The van der Waals surface area contributed by atoms with E-state index in [4.69, 9.17) is 0 Å². The summed E-state index contributed by atoms with van der Waals surface area (Å²) in [5.74, 6) is -0.518. The lowest BCUT2D eigenvalue weighted by Gasteiger charge is -2.11. The highest BCUT2D eigenvalue weighted by Gasteiger charge is 2.19. The first-order valence-corrected chi connectivity index (χ1v) is 7.25. The molecule has 0 spiro atoms. The van der Waals surface area contributed by atoms with Crippen LogP contribution in [0, 0.1) is 10.1 Å². The van der Waals surface area contributed by atoms with E-state index >= 15 is 0 Å². The molecule has 0 atom stereocenters. The Morgan fingerprint density at radius 1 is 1.12 bits per heavy atom. The Kier molecular flexibility index (Phi) is 4.33. The van der Waals surface area contributed by atoms with Crippen molar-refractivity contribution in [1.29, 1.82) is 0 Å². The van der Waals surface area contributed by atoms with E-state index < -0.39 is 10.8 Å². The van der Waals surface area contributed by atoms with Gasteiger partial charge in [-0.2, -0.15) is 5.10 Å². The molecule has 0 radical (unpaired) electrons. The highest BCUT2D eigenvalue weighted by Crippen LogP contribution is 2.21. The number of anilines is 1. The summed E-state index contributed by atoms with van der Waals surface area (Å²) in [7, 11) is 0. The van der Waals surface area contributed by atoms with Crippen LogP contribution in [0.5, 0.6) is 0 Å². The minimum Gasteiger partial charge on any atom is -0.321 e. The molecular formula is C17H14N4O3. The standard InChI is InChI=1S/C17H14N4O3/c22-17(14-7-2-4-9-16(14)21(23)24)19-15-8-3-1-6-13(15)12-20-11-5-10-18-20/h1-11H,12H2,(H,19,22). The number of nitrogens with one attached hydrogen (secondary N) is 1. The Morgan fingerprint density at radius 3 is 2.62 bits per heavy atom. The van der Waals surface area contributed by atoms with Crippen LogP contribution in [0.25, 0.3) is 0 Å². The molecule has 0 saturated heterocycles. The monoisotopic (exact) mass is 322 g/mol. The lowest BCUT2D eigenvalue weighted by molar-refractivity contribution is -0.385. The van der Waals surface area contributed by atoms with Crippen LogP contribution in [0.4, 0.5) is 11.4 Å². The van der Waals surface area contributed by atoms with E-state index in [2.05, 4.69) is 10.4 Å². The van der Waals surface area contributed by atoms with Crippen molar-refractivity contribution in [3.63, 3.8) is 0 Å². The SMILES string of the molecule is O=C(Nc1ccccc1Cn1cccn1)c1ccccc1[N+](=O)[O-]. The molecule has 120 valence electrons. The maximum absolute atomic E-state index is 12.5. The van der Waals surface area contributed by atoms with Gasteiger partial charge in [-0.25, -0.2) is 0 Å². The fourth-order valence-corrected chi connectivity index (χ4v) is 2.36. The number of carbonyl (C=O) groups excluding carboxylic acids is 1. The molecule has 0 aliphatic carbocycles. The van der Waals surface area contributed by atoms with Crippen LogP contribution in [0.15, 0.2) is 67.0 Å². The maximum Gasteiger partial charge on any atom is 0.282 e. The second-order valence-corrected chi connectivity index (χ2v) is 5.09. The van der Waals surface area contributed by atoms with E-state index in [1.54, 1.807) is 29.1 Å². The largest absolute Gasteiger partial charge is 0.321 e. The summed E-state index contributed by atoms with van der Waals surface area (Å²) in [5, 5.41) is 18.0. The lowest BCUT2D eigenvalue weighted by Crippen LogP contribution is -2.15. The second-order valence-electron chi connectivity index (χ2n) is 5.09. The smallest absolute Gasteiger partial charge is 0.282 e. The third-order valence-electron chi connectivity index (χ3n) is 3.50. The first-order chi connectivity index (χ1) is 11.6. The number of carbonyl (C=O) groups is 1. The average molecular weight is 322 g/mol. The summed E-state index contributed by atoms with van der Waals surface area (Å²) in [6, 6.07) is 15.0. The van der Waals surface area contributed by atoms with Gasteiger partial charge in [0.25, 0.3) is 11.6 Å². The van der Waals surface area contributed by atoms with Crippen LogP contribution < -0.4 is 5.32 Å². The molecule has 2 aromatic carbocycles. The number of nitrogens with zero attached hydrogens (tertiary/aromatic N) is 3. The van der Waals surface area contributed by atoms with Gasteiger partial charge in [0.05, 0.1) is 11.5 Å². The minimum absolute atomic E-state index is 0.0244. The van der Waals surface area contributed by atoms with Crippen LogP contribution in [-0.2, 0) is 6.54 Å². The molecule has 0 aliphatic heterocycles. The molecule has 1 aromatic heterocycles. The third-order valence-corrected chi connectivity index (χ3v) is 3.50. The first-order valence-electron chi connectivity index (χ1n) is 7.25. The van der Waals surface area contributed by atoms with Gasteiger partial charge in [-0.3, -0.25) is 19.6 Å². The zero-order valence-corrected chi connectivity index (χ0v) is 12.6. The van der Waals surface area contributed by atoms with E-state index in [-0.39, 0.29) is 11.3 Å². The van der Waals surface area contributed by atoms with Crippen molar-refractivity contribution in [2.24, 2.45) is 0 Å². The Bertz CT molecular complexity index is 875. The number of nitro benzene ring substituents is 1. The van der Waals surface area contributed by atoms with E-state index in [9.17, 15) is 14.9 Å². The fraction of sp³-hybridized carbons (Fsp3) is 0.0588. The van der Waals surface area contributed by atoms with Crippen molar-refractivity contribution in [1.82, 2.24) is 9.78 Å². The normalized spacial score (nSPS) is 10.3. The molecule has 0 saturated carbocycles. The van der Waals surface area contributed by atoms with Crippen molar-refractivity contribution >= 4 is 17.3 Å². The van der Waals surface area contributed by atoms with E-state index in [1.165, 1.54) is 18.2 Å². The van der Waals surface area contributed by atoms with Gasteiger partial charge in [0, 0.05) is 24.1 Å². The molecule has 0 fully saturated rings. The topological polar surface area (TPSA) is 90.1 Å². The van der Waals surface area contributed by atoms with Gasteiger partial charge in [-0.1, -0.05) is 30.3 Å². The number of rotatable bonds is 5. The van der Waals surface area contributed by atoms with Gasteiger partial charge in [-0.05, 0) is 23.8 Å². The summed E-state index contributed by atoms with van der Waals surface area (Å²) < 4.78 is 1.73. The van der Waals surface area contributed by atoms with Gasteiger partial charge >= 0.3 is 0 Å². The number of para-hydroxylation sites is 2. The summed E-state index contributed by atoms with van der Waals surface area (Å²) in [6.07, 6.45) is 3.50. The number of hydrogen-bond donors (Lipinski definition) is 1. The molecule has 3 aromatic rings. The van der Waals surface area contributed by atoms with Crippen LogP contribution in [0.2, 0.25) is 0 Å². The number of nitro groups is 1. The fourth-order valence-electron chi connectivity index (χ4n) is 2.36. The molecule has 3 rings (SSSR count). The Hall–Kier alpha value is -3.48. The van der Waals surface area contributed by atoms with Crippen LogP contribution in [-0.4, -0.2) is 20.6 Å². The summed E-state index contributed by atoms with van der Waals surface area (Å²) >= 11 is 0. The molecule has 1 N–H and O–H groups in total. The average Bonchev–Trinajstić information content (AvgIpc) is 3.09. The molecule has 0 bridgehead atoms. The molecule has 1 amide bonds. The molecular weight excluding hydrogens is 308 g/mol. The number of aromatic nitrogens is 2. The zero-order chi connectivity index (χ0) is 16.9. The number of hydrogen-bond acceptors (Lipinski definition) is 4. The molecule has 0 unspecified atom stereocenters. The van der Waals surface area contributed by atoms with Crippen molar-refractivity contribution < 1.29 is 9.72 Å². The molecule has 7 heteroatoms. The highest BCUT2D eigenvalue weighted by molar-refractivity contribution is 6.07. The summed E-state index contributed by atoms with van der Waals surface area (Å²) in [4.78, 5) is 23.0. The quantitative estimate of drug-likeness (QED) is 0.577. The van der Waals surface area contributed by atoms with Gasteiger partial charge < -0.3 is 5.32 Å². The van der Waals surface area contributed by atoms with Crippen molar-refractivity contribution in [3.8, 4) is 0 Å².